The minimum absolute atomic E-state index is 0.238. The summed E-state index contributed by atoms with van der Waals surface area (Å²) in [5, 5.41) is 3.73. The average Bonchev–Trinajstić information content (AvgIpc) is 2.59. The molecule has 0 heterocycles. The molecule has 0 aliphatic rings. The zero-order valence-electron chi connectivity index (χ0n) is 12.8. The number of hydrogen-bond acceptors (Lipinski definition) is 4. The van der Waals surface area contributed by atoms with E-state index in [1.165, 1.54) is 24.3 Å². The van der Waals surface area contributed by atoms with E-state index in [1.54, 1.807) is 20.1 Å². The topological polar surface area (TPSA) is 47.9 Å². The van der Waals surface area contributed by atoms with Crippen LogP contribution in [0, 0.1) is 5.82 Å². The minimum Gasteiger partial charge on any atom is -0.497 e. The van der Waals surface area contributed by atoms with Gasteiger partial charge in [-0.05, 0) is 55.0 Å². The highest BCUT2D eigenvalue weighted by Gasteiger charge is 2.06. The number of carbonyl (C=O) groups is 1. The molecular weight excluding hydrogens is 297 g/mol. The highest BCUT2D eigenvalue weighted by molar-refractivity contribution is 5.97. The number of ether oxygens (including phenoxy) is 1. The number of benzene rings is 2. The van der Waals surface area contributed by atoms with Crippen molar-refractivity contribution < 1.29 is 18.8 Å². The smallest absolute Gasteiger partial charge is 0.365 e. The van der Waals surface area contributed by atoms with Gasteiger partial charge in [-0.1, -0.05) is 23.4 Å². The van der Waals surface area contributed by atoms with Crippen LogP contribution in [0.1, 0.15) is 22.8 Å². The van der Waals surface area contributed by atoms with Crippen molar-refractivity contribution >= 4 is 17.8 Å². The van der Waals surface area contributed by atoms with E-state index < -0.39 is 11.8 Å². The summed E-state index contributed by atoms with van der Waals surface area (Å²) in [7, 11) is 1.61. The molecule has 0 aliphatic carbocycles. The number of halogens is 1. The van der Waals surface area contributed by atoms with Crippen molar-refractivity contribution in [2.45, 2.75) is 6.92 Å². The van der Waals surface area contributed by atoms with Gasteiger partial charge in [0.05, 0.1) is 18.4 Å². The fraction of sp³-hybridized carbons (Fsp3) is 0.111. The Balaban J connectivity index is 1.95. The number of hydrogen-bond donors (Lipinski definition) is 0. The lowest BCUT2D eigenvalue weighted by molar-refractivity contribution is 0.0516. The van der Waals surface area contributed by atoms with E-state index >= 15 is 0 Å². The maximum absolute atomic E-state index is 12.8. The average molecular weight is 313 g/mol. The summed E-state index contributed by atoms with van der Waals surface area (Å²) in [6, 6.07) is 12.6. The molecule has 0 radical (unpaired) electrons. The molecule has 4 nitrogen and oxygen atoms in total. The molecule has 2 aromatic rings. The van der Waals surface area contributed by atoms with Crippen molar-refractivity contribution in [2.24, 2.45) is 5.16 Å². The summed E-state index contributed by atoms with van der Waals surface area (Å²) in [4.78, 5) is 16.5. The molecule has 0 atom stereocenters. The summed E-state index contributed by atoms with van der Waals surface area (Å²) in [6.45, 7) is 1.71. The lowest BCUT2D eigenvalue weighted by atomic mass is 10.2. The molecule has 2 rings (SSSR count). The van der Waals surface area contributed by atoms with E-state index in [9.17, 15) is 9.18 Å². The summed E-state index contributed by atoms with van der Waals surface area (Å²) in [5.74, 6) is -0.272. The van der Waals surface area contributed by atoms with E-state index in [0.717, 1.165) is 11.3 Å². The van der Waals surface area contributed by atoms with Gasteiger partial charge in [0, 0.05) is 0 Å². The van der Waals surface area contributed by atoms with Crippen LogP contribution in [-0.4, -0.2) is 18.8 Å². The molecule has 0 bridgehead atoms. The monoisotopic (exact) mass is 313 g/mol. The maximum Gasteiger partial charge on any atom is 0.365 e. The normalized spacial score (nSPS) is 11.5. The van der Waals surface area contributed by atoms with Gasteiger partial charge in [0.25, 0.3) is 0 Å². The Morgan fingerprint density at radius 3 is 2.35 bits per heavy atom. The SMILES string of the molecule is COc1ccc(/C=C/C(C)=N/OC(=O)c2ccc(F)cc2)cc1. The number of rotatable bonds is 5. The largest absolute Gasteiger partial charge is 0.497 e. The van der Waals surface area contributed by atoms with E-state index in [2.05, 4.69) is 5.16 Å². The van der Waals surface area contributed by atoms with Crippen LogP contribution < -0.4 is 4.74 Å². The quantitative estimate of drug-likeness (QED) is 0.475. The zero-order chi connectivity index (χ0) is 16.7. The Bertz CT molecular complexity index is 719. The van der Waals surface area contributed by atoms with Gasteiger partial charge in [-0.3, -0.25) is 0 Å². The molecule has 0 saturated carbocycles. The van der Waals surface area contributed by atoms with Crippen molar-refractivity contribution in [3.63, 3.8) is 0 Å². The first-order valence-electron chi connectivity index (χ1n) is 6.92. The van der Waals surface area contributed by atoms with Crippen LogP contribution in [-0.2, 0) is 4.84 Å². The van der Waals surface area contributed by atoms with Crippen molar-refractivity contribution in [3.05, 3.63) is 71.6 Å². The van der Waals surface area contributed by atoms with Gasteiger partial charge in [0.15, 0.2) is 0 Å². The number of methoxy groups -OCH3 is 1. The van der Waals surface area contributed by atoms with Crippen LogP contribution in [0.15, 0.2) is 59.8 Å². The van der Waals surface area contributed by atoms with E-state index in [1.807, 2.05) is 30.3 Å². The number of oxime groups is 1. The first kappa shape index (κ1) is 16.4. The zero-order valence-corrected chi connectivity index (χ0v) is 12.8. The molecule has 2 aromatic carbocycles. The van der Waals surface area contributed by atoms with Crippen LogP contribution in [0.5, 0.6) is 5.75 Å². The standard InChI is InChI=1S/C18H16FNO3/c1-13(3-4-14-5-11-17(22-2)12-6-14)20-23-18(21)15-7-9-16(19)10-8-15/h3-12H,1-2H3/b4-3+,20-13+. The second-order valence-corrected chi connectivity index (χ2v) is 4.72. The number of carbonyl (C=O) groups excluding carboxylic acids is 1. The molecule has 0 fully saturated rings. The fourth-order valence-corrected chi connectivity index (χ4v) is 1.71. The van der Waals surface area contributed by atoms with Gasteiger partial charge < -0.3 is 9.57 Å². The molecule has 0 N–H and O–H groups in total. The van der Waals surface area contributed by atoms with E-state index in [4.69, 9.17) is 9.57 Å². The first-order chi connectivity index (χ1) is 11.1. The predicted molar refractivity (Wildman–Crippen MR) is 87.0 cm³/mol. The van der Waals surface area contributed by atoms with Crippen LogP contribution in [0.4, 0.5) is 4.39 Å². The van der Waals surface area contributed by atoms with Crippen LogP contribution >= 0.6 is 0 Å². The predicted octanol–water partition coefficient (Wildman–Crippen LogP) is 4.08. The number of nitrogens with zero attached hydrogens (tertiary/aromatic N) is 1. The molecule has 0 amide bonds. The highest BCUT2D eigenvalue weighted by atomic mass is 19.1. The molecule has 118 valence electrons. The maximum atomic E-state index is 12.8. The lowest BCUT2D eigenvalue weighted by Crippen LogP contribution is -2.02. The van der Waals surface area contributed by atoms with Gasteiger partial charge in [-0.2, -0.15) is 0 Å². The van der Waals surface area contributed by atoms with Crippen LogP contribution in [0.2, 0.25) is 0 Å². The summed E-state index contributed by atoms with van der Waals surface area (Å²) in [6.07, 6.45) is 3.56. The molecule has 0 spiro atoms. The van der Waals surface area contributed by atoms with Gasteiger partial charge in [0.1, 0.15) is 11.6 Å². The van der Waals surface area contributed by atoms with Gasteiger partial charge in [-0.15, -0.1) is 0 Å². The summed E-state index contributed by atoms with van der Waals surface area (Å²) < 4.78 is 17.9. The third-order valence-electron chi connectivity index (χ3n) is 2.99. The van der Waals surface area contributed by atoms with Gasteiger partial charge >= 0.3 is 5.97 Å². The molecule has 0 aliphatic heterocycles. The second-order valence-electron chi connectivity index (χ2n) is 4.72. The first-order valence-corrected chi connectivity index (χ1v) is 6.92. The minimum atomic E-state index is -0.637. The van der Waals surface area contributed by atoms with Crippen LogP contribution in [0.3, 0.4) is 0 Å². The Labute approximate surface area is 133 Å². The van der Waals surface area contributed by atoms with Gasteiger partial charge in [-0.25, -0.2) is 9.18 Å². The molecular formula is C18H16FNO3. The molecule has 0 saturated heterocycles. The lowest BCUT2D eigenvalue weighted by Gasteiger charge is -2.00. The van der Waals surface area contributed by atoms with Crippen molar-refractivity contribution in [1.82, 2.24) is 0 Å². The summed E-state index contributed by atoms with van der Waals surface area (Å²) >= 11 is 0. The van der Waals surface area contributed by atoms with Crippen molar-refractivity contribution in [1.29, 1.82) is 0 Å². The molecule has 0 unspecified atom stereocenters. The Morgan fingerprint density at radius 1 is 1.09 bits per heavy atom. The Kier molecular flexibility index (Phi) is 5.63. The third-order valence-corrected chi connectivity index (χ3v) is 2.99. The molecule has 5 heteroatoms. The van der Waals surface area contributed by atoms with Gasteiger partial charge in [0.2, 0.25) is 0 Å². The van der Waals surface area contributed by atoms with Crippen molar-refractivity contribution in [2.75, 3.05) is 7.11 Å². The molecule has 0 aromatic heterocycles. The van der Waals surface area contributed by atoms with Crippen molar-refractivity contribution in [3.8, 4) is 5.75 Å². The summed E-state index contributed by atoms with van der Waals surface area (Å²) in [5.41, 5.74) is 1.73. The number of allylic oxidation sites excluding steroid dienone is 1. The third kappa shape index (κ3) is 5.07. The Morgan fingerprint density at radius 2 is 1.74 bits per heavy atom. The van der Waals surface area contributed by atoms with Crippen LogP contribution in [0.25, 0.3) is 6.08 Å². The highest BCUT2D eigenvalue weighted by Crippen LogP contribution is 2.12. The van der Waals surface area contributed by atoms with E-state index in [0.29, 0.717) is 5.71 Å². The Hall–Kier alpha value is -2.95. The van der Waals surface area contributed by atoms with E-state index in [-0.39, 0.29) is 5.56 Å². The second kappa shape index (κ2) is 7.89. The molecule has 23 heavy (non-hydrogen) atoms. The fourth-order valence-electron chi connectivity index (χ4n) is 1.71.